The molecular weight excluding hydrogens is 332 g/mol. The number of piperidine rings is 1. The number of aromatic nitrogens is 1. The van der Waals surface area contributed by atoms with E-state index >= 15 is 0 Å². The van der Waals surface area contributed by atoms with Gasteiger partial charge < -0.3 is 4.90 Å². The maximum absolute atomic E-state index is 11.6. The van der Waals surface area contributed by atoms with Gasteiger partial charge in [-0.15, -0.1) is 0 Å². The number of hydrogen-bond donors (Lipinski definition) is 1. The number of anilines is 1. The number of benzene rings is 1. The average molecular weight is 356 g/mol. The van der Waals surface area contributed by atoms with Crippen LogP contribution < -0.4 is 4.90 Å². The van der Waals surface area contributed by atoms with Crippen LogP contribution in [0.25, 0.3) is 10.9 Å². The molecule has 0 amide bonds. The monoisotopic (exact) mass is 356 g/mol. The molecule has 1 aliphatic heterocycles. The van der Waals surface area contributed by atoms with Gasteiger partial charge in [0.05, 0.1) is 16.8 Å². The molecular formula is C19H24N4OS. The lowest BCUT2D eigenvalue weighted by atomic mass is 9.93. The van der Waals surface area contributed by atoms with E-state index in [1.165, 1.54) is 6.26 Å². The number of pyridine rings is 1. The van der Waals surface area contributed by atoms with E-state index in [2.05, 4.69) is 28.9 Å². The summed E-state index contributed by atoms with van der Waals surface area (Å²) < 4.78 is 19.2. The van der Waals surface area contributed by atoms with Crippen LogP contribution >= 0.6 is 0 Å². The molecule has 2 heterocycles. The lowest BCUT2D eigenvalue weighted by Gasteiger charge is -2.34. The smallest absolute Gasteiger partial charge is 0.103 e. The van der Waals surface area contributed by atoms with Crippen molar-refractivity contribution in [3.63, 3.8) is 0 Å². The maximum Gasteiger partial charge on any atom is 0.103 e. The number of fused-ring (bicyclic) bond motifs is 1. The summed E-state index contributed by atoms with van der Waals surface area (Å²) in [5, 5.41) is 10.6. The number of hydrogen-bond acceptors (Lipinski definition) is 5. The fraction of sp³-hybridized carbons (Fsp3) is 0.474. The molecule has 0 aliphatic carbocycles. The van der Waals surface area contributed by atoms with E-state index in [9.17, 15) is 9.47 Å². The van der Waals surface area contributed by atoms with Crippen LogP contribution in [-0.2, 0) is 9.73 Å². The van der Waals surface area contributed by atoms with E-state index in [1.807, 2.05) is 12.1 Å². The second kappa shape index (κ2) is 7.01. The number of nitriles is 1. The summed E-state index contributed by atoms with van der Waals surface area (Å²) in [5.74, 6) is 1.00. The molecule has 1 aromatic carbocycles. The number of rotatable bonds is 4. The third-order valence-electron chi connectivity index (χ3n) is 4.96. The SMILES string of the molecule is Cc1ccc2ncc(C#N)c(N3CCC(CCS(C)(=N)=O)CC3)c2c1. The molecule has 5 nitrogen and oxygen atoms in total. The topological polar surface area (TPSA) is 80.8 Å². The van der Waals surface area contributed by atoms with Gasteiger partial charge in [0.2, 0.25) is 0 Å². The summed E-state index contributed by atoms with van der Waals surface area (Å²) in [4.78, 5) is 6.71. The van der Waals surface area contributed by atoms with Crippen molar-refractivity contribution in [2.75, 3.05) is 30.0 Å². The van der Waals surface area contributed by atoms with Gasteiger partial charge >= 0.3 is 0 Å². The Kier molecular flexibility index (Phi) is 4.96. The maximum atomic E-state index is 11.6. The zero-order valence-electron chi connectivity index (χ0n) is 14.8. The Labute approximate surface area is 149 Å². The second-order valence-corrected chi connectivity index (χ2v) is 9.50. The van der Waals surface area contributed by atoms with Gasteiger partial charge in [0, 0.05) is 46.4 Å². The van der Waals surface area contributed by atoms with Crippen LogP contribution in [0.1, 0.15) is 30.4 Å². The van der Waals surface area contributed by atoms with Crippen molar-refractivity contribution in [3.05, 3.63) is 35.5 Å². The highest BCUT2D eigenvalue weighted by Gasteiger charge is 2.23. The summed E-state index contributed by atoms with van der Waals surface area (Å²) in [6.07, 6.45) is 6.07. The summed E-state index contributed by atoms with van der Waals surface area (Å²) in [5.41, 5.74) is 3.70. The number of nitrogens with zero attached hydrogens (tertiary/aromatic N) is 3. The van der Waals surface area contributed by atoms with Crippen molar-refractivity contribution in [1.82, 2.24) is 4.98 Å². The lowest BCUT2D eigenvalue weighted by Crippen LogP contribution is -2.34. The van der Waals surface area contributed by atoms with Crippen LogP contribution in [0.5, 0.6) is 0 Å². The molecule has 1 unspecified atom stereocenters. The first-order chi connectivity index (χ1) is 11.9. The standard InChI is InChI=1S/C19H24N4OS/c1-14-3-4-18-17(11-14)19(16(12-20)13-22-18)23-8-5-15(6-9-23)7-10-25(2,21)24/h3-4,11,13,15,21H,5-10H2,1-2H3. The molecule has 1 fully saturated rings. The molecule has 0 saturated carbocycles. The summed E-state index contributed by atoms with van der Waals surface area (Å²) in [6, 6.07) is 8.45. The first-order valence-corrected chi connectivity index (χ1v) is 10.8. The van der Waals surface area contributed by atoms with Gasteiger partial charge in [-0.2, -0.15) is 5.26 Å². The summed E-state index contributed by atoms with van der Waals surface area (Å²) in [6.45, 7) is 3.82. The van der Waals surface area contributed by atoms with E-state index in [0.717, 1.165) is 54.5 Å². The summed E-state index contributed by atoms with van der Waals surface area (Å²) >= 11 is 0. The van der Waals surface area contributed by atoms with Crippen molar-refractivity contribution in [2.24, 2.45) is 5.92 Å². The second-order valence-electron chi connectivity index (χ2n) is 7.08. The first kappa shape index (κ1) is 17.7. The van der Waals surface area contributed by atoms with Crippen molar-refractivity contribution in [3.8, 4) is 6.07 Å². The van der Waals surface area contributed by atoms with Crippen LogP contribution in [0.4, 0.5) is 5.69 Å². The Morgan fingerprint density at radius 1 is 1.40 bits per heavy atom. The molecule has 1 atom stereocenters. The highest BCUT2D eigenvalue weighted by atomic mass is 32.2. The Balaban J connectivity index is 1.83. The van der Waals surface area contributed by atoms with Gasteiger partial charge in [0.25, 0.3) is 0 Å². The highest BCUT2D eigenvalue weighted by Crippen LogP contribution is 2.33. The minimum atomic E-state index is -2.40. The van der Waals surface area contributed by atoms with Crippen LogP contribution in [0.15, 0.2) is 24.4 Å². The Hall–Kier alpha value is -2.13. The van der Waals surface area contributed by atoms with Crippen molar-refractivity contribution < 1.29 is 4.21 Å². The average Bonchev–Trinajstić information content (AvgIpc) is 2.58. The van der Waals surface area contributed by atoms with E-state index in [-0.39, 0.29) is 0 Å². The van der Waals surface area contributed by atoms with Gasteiger partial charge in [-0.1, -0.05) is 11.6 Å². The fourth-order valence-electron chi connectivity index (χ4n) is 3.55. The van der Waals surface area contributed by atoms with Gasteiger partial charge in [-0.25, -0.2) is 0 Å². The molecule has 2 aromatic rings. The zero-order chi connectivity index (χ0) is 18.0. The van der Waals surface area contributed by atoms with E-state index < -0.39 is 9.73 Å². The van der Waals surface area contributed by atoms with Crippen molar-refractivity contribution in [2.45, 2.75) is 26.2 Å². The van der Waals surface area contributed by atoms with Crippen LogP contribution in [-0.4, -0.2) is 34.3 Å². The molecule has 1 saturated heterocycles. The van der Waals surface area contributed by atoms with E-state index in [4.69, 9.17) is 4.78 Å². The van der Waals surface area contributed by atoms with E-state index in [0.29, 0.717) is 17.2 Å². The molecule has 132 valence electrons. The van der Waals surface area contributed by atoms with Crippen LogP contribution in [0.2, 0.25) is 0 Å². The zero-order valence-corrected chi connectivity index (χ0v) is 15.6. The molecule has 1 N–H and O–H groups in total. The molecule has 6 heteroatoms. The largest absolute Gasteiger partial charge is 0.370 e. The van der Waals surface area contributed by atoms with Gasteiger partial charge in [-0.3, -0.25) is 14.0 Å². The lowest BCUT2D eigenvalue weighted by molar-refractivity contribution is 0.396. The third kappa shape index (κ3) is 4.10. The normalized spacial score (nSPS) is 18.0. The number of aryl methyl sites for hydroxylation is 1. The van der Waals surface area contributed by atoms with Gasteiger partial charge in [-0.05, 0) is 44.2 Å². The third-order valence-corrected chi connectivity index (χ3v) is 5.98. The molecule has 0 radical (unpaired) electrons. The molecule has 3 rings (SSSR count). The molecule has 1 aliphatic rings. The predicted octanol–water partition coefficient (Wildman–Crippen LogP) is 3.70. The van der Waals surface area contributed by atoms with Gasteiger partial charge in [0.15, 0.2) is 0 Å². The number of nitrogens with one attached hydrogen (secondary N) is 1. The Bertz CT molecular complexity index is 922. The Morgan fingerprint density at radius 3 is 2.76 bits per heavy atom. The minimum absolute atomic E-state index is 0.485. The molecule has 1 aromatic heterocycles. The summed E-state index contributed by atoms with van der Waals surface area (Å²) in [7, 11) is -2.40. The first-order valence-electron chi connectivity index (χ1n) is 8.63. The fourth-order valence-corrected chi connectivity index (χ4v) is 4.33. The minimum Gasteiger partial charge on any atom is -0.370 e. The molecule has 25 heavy (non-hydrogen) atoms. The predicted molar refractivity (Wildman–Crippen MR) is 102 cm³/mol. The van der Waals surface area contributed by atoms with E-state index in [1.54, 1.807) is 6.20 Å². The highest BCUT2D eigenvalue weighted by molar-refractivity contribution is 7.91. The van der Waals surface area contributed by atoms with Gasteiger partial charge in [0.1, 0.15) is 6.07 Å². The van der Waals surface area contributed by atoms with Crippen molar-refractivity contribution >= 4 is 26.3 Å². The quantitative estimate of drug-likeness (QED) is 0.906. The molecule has 0 bridgehead atoms. The van der Waals surface area contributed by atoms with Crippen molar-refractivity contribution in [1.29, 1.82) is 10.0 Å². The Morgan fingerprint density at radius 2 is 2.12 bits per heavy atom. The van der Waals surface area contributed by atoms with Crippen LogP contribution in [0, 0.1) is 29.0 Å². The van der Waals surface area contributed by atoms with Crippen LogP contribution in [0.3, 0.4) is 0 Å². The molecule has 0 spiro atoms.